The third-order valence-electron chi connectivity index (χ3n) is 7.02. The van der Waals surface area contributed by atoms with Crippen molar-refractivity contribution in [3.05, 3.63) is 87.2 Å². The number of ether oxygens (including phenoxy) is 3. The summed E-state index contributed by atoms with van der Waals surface area (Å²) < 4.78 is 44.1. The van der Waals surface area contributed by atoms with Crippen molar-refractivity contribution in [3.8, 4) is 11.5 Å². The molecule has 0 spiro atoms. The molecular weight excluding hydrogens is 593 g/mol. The van der Waals surface area contributed by atoms with Gasteiger partial charge >= 0.3 is 12.6 Å². The first-order valence-electron chi connectivity index (χ1n) is 13.3. The van der Waals surface area contributed by atoms with E-state index in [0.717, 1.165) is 17.7 Å². The number of carbonyl (C=O) groups excluding carboxylic acids is 3. The summed E-state index contributed by atoms with van der Waals surface area (Å²) in [6.45, 7) is -3.37. The Labute approximate surface area is 250 Å². The topological polar surface area (TPSA) is 86.0 Å². The number of carbonyl (C=O) groups is 3. The van der Waals surface area contributed by atoms with Crippen LogP contribution < -0.4 is 14.0 Å². The maximum Gasteiger partial charge on any atom is 0.387 e. The minimum absolute atomic E-state index is 0.00604. The molecule has 0 bridgehead atoms. The fourth-order valence-electron chi connectivity index (χ4n) is 4.68. The van der Waals surface area contributed by atoms with Gasteiger partial charge in [-0.3, -0.25) is 19.3 Å². The first-order valence-corrected chi connectivity index (χ1v) is 14.0. The number of aryl methyl sites for hydroxylation is 1. The Morgan fingerprint density at radius 3 is 2.48 bits per heavy atom. The van der Waals surface area contributed by atoms with Gasteiger partial charge in [-0.1, -0.05) is 47.5 Å². The van der Waals surface area contributed by atoms with Crippen LogP contribution in [0.4, 0.5) is 8.78 Å². The Kier molecular flexibility index (Phi) is 8.93. The van der Waals surface area contributed by atoms with E-state index in [1.807, 2.05) is 0 Å². The zero-order valence-corrected chi connectivity index (χ0v) is 24.0. The summed E-state index contributed by atoms with van der Waals surface area (Å²) in [4.78, 5) is 39.8. The van der Waals surface area contributed by atoms with Crippen molar-refractivity contribution < 1.29 is 41.9 Å². The van der Waals surface area contributed by atoms with Gasteiger partial charge in [0.1, 0.15) is 29.7 Å². The number of imide groups is 1. The van der Waals surface area contributed by atoms with Gasteiger partial charge in [-0.2, -0.15) is 8.78 Å². The lowest BCUT2D eigenvalue weighted by Crippen LogP contribution is -2.45. The number of nitrogens with zero attached hydrogens (tertiary/aromatic N) is 2. The lowest BCUT2D eigenvalue weighted by molar-refractivity contribution is -0.671. The van der Waals surface area contributed by atoms with Crippen molar-refractivity contribution in [2.75, 3.05) is 13.2 Å². The van der Waals surface area contributed by atoms with E-state index in [0.29, 0.717) is 44.8 Å². The summed E-state index contributed by atoms with van der Waals surface area (Å²) in [6, 6.07) is 10.9. The van der Waals surface area contributed by atoms with E-state index in [2.05, 4.69) is 4.74 Å². The van der Waals surface area contributed by atoms with Gasteiger partial charge in [0.05, 0.1) is 13.0 Å². The molecular formula is C30H27Cl2F2N2O6+. The van der Waals surface area contributed by atoms with Gasteiger partial charge in [-0.15, -0.1) is 0 Å². The molecule has 2 amide bonds. The second kappa shape index (κ2) is 12.6. The average molecular weight is 620 g/mol. The van der Waals surface area contributed by atoms with Crippen molar-refractivity contribution in [1.82, 2.24) is 4.90 Å². The SMILES string of the molecule is C[n+]1cc(Cl)c(C[C@H](OC(=O)CN2C(=O)Cc3ccccc3C2=O)c2ccc(OC(F)F)c(OCC3CC3)c2)c(Cl)c1. The van der Waals surface area contributed by atoms with Crippen LogP contribution in [-0.4, -0.2) is 42.4 Å². The fourth-order valence-corrected chi connectivity index (χ4v) is 5.40. The van der Waals surface area contributed by atoms with E-state index < -0.39 is 37.0 Å². The number of pyridine rings is 1. The molecule has 0 saturated heterocycles. The molecule has 2 aromatic carbocycles. The average Bonchev–Trinajstić information content (AvgIpc) is 3.76. The molecule has 2 heterocycles. The minimum Gasteiger partial charge on any atom is -0.489 e. The second-order valence-electron chi connectivity index (χ2n) is 10.2. The van der Waals surface area contributed by atoms with Crippen LogP contribution in [-0.2, 0) is 34.2 Å². The van der Waals surface area contributed by atoms with Gasteiger partial charge in [0.15, 0.2) is 23.9 Å². The standard InChI is InChI=1S/C30H27Cl2F2N2O6/c1-35-13-22(31)21(23(32)14-35)12-25(19-8-9-24(42-30(33)34)26(10-19)40-16-17-6-7-17)41-28(38)15-36-27(37)11-18-4-2-3-5-20(18)29(36)39/h2-5,8-10,13-14,17,25,30H,6-7,11-12,15-16H2,1H3/q+1/t25-/m0/s1. The van der Waals surface area contributed by atoms with Crippen molar-refractivity contribution in [2.45, 2.75) is 38.4 Å². The molecule has 42 heavy (non-hydrogen) atoms. The Bertz CT molecular complexity index is 1510. The molecule has 1 aliphatic heterocycles. The highest BCUT2D eigenvalue weighted by molar-refractivity contribution is 6.35. The van der Waals surface area contributed by atoms with Crippen LogP contribution in [0.25, 0.3) is 0 Å². The molecule has 3 aromatic rings. The maximum absolute atomic E-state index is 13.2. The highest BCUT2D eigenvalue weighted by Gasteiger charge is 2.34. The minimum atomic E-state index is -3.07. The smallest absolute Gasteiger partial charge is 0.387 e. The Hall–Kier alpha value is -3.76. The number of esters is 1. The number of amides is 2. The molecule has 5 rings (SSSR count). The highest BCUT2D eigenvalue weighted by atomic mass is 35.5. The third-order valence-corrected chi connectivity index (χ3v) is 7.68. The Balaban J connectivity index is 1.43. The molecule has 2 aliphatic rings. The first kappa shape index (κ1) is 29.7. The summed E-state index contributed by atoms with van der Waals surface area (Å²) in [5, 5.41) is 0.624. The van der Waals surface area contributed by atoms with Crippen LogP contribution in [0, 0.1) is 5.92 Å². The van der Waals surface area contributed by atoms with Crippen LogP contribution in [0.3, 0.4) is 0 Å². The number of hydrogen-bond donors (Lipinski definition) is 0. The number of halogens is 4. The number of aromatic nitrogens is 1. The van der Waals surface area contributed by atoms with E-state index >= 15 is 0 Å². The first-order chi connectivity index (χ1) is 20.1. The molecule has 0 N–H and O–H groups in total. The largest absolute Gasteiger partial charge is 0.489 e. The molecule has 1 aliphatic carbocycles. The van der Waals surface area contributed by atoms with Crippen molar-refractivity contribution in [3.63, 3.8) is 0 Å². The normalized spacial score (nSPS) is 15.4. The van der Waals surface area contributed by atoms with Crippen molar-refractivity contribution in [1.29, 1.82) is 0 Å². The summed E-state index contributed by atoms with van der Waals surface area (Å²) in [6.07, 6.45) is 4.16. The number of fused-ring (bicyclic) bond motifs is 1. The maximum atomic E-state index is 13.2. The van der Waals surface area contributed by atoms with Gasteiger partial charge in [-0.05, 0) is 48.1 Å². The van der Waals surface area contributed by atoms with Crippen LogP contribution in [0.5, 0.6) is 11.5 Å². The van der Waals surface area contributed by atoms with Gasteiger partial charge in [-0.25, -0.2) is 4.57 Å². The lowest BCUT2D eigenvalue weighted by atomic mass is 9.98. The number of benzene rings is 2. The number of alkyl halides is 2. The van der Waals surface area contributed by atoms with Crippen LogP contribution >= 0.6 is 23.2 Å². The summed E-state index contributed by atoms with van der Waals surface area (Å²) in [7, 11) is 1.75. The van der Waals surface area contributed by atoms with Gasteiger partial charge in [0, 0.05) is 17.5 Å². The van der Waals surface area contributed by atoms with E-state index in [1.54, 1.807) is 48.3 Å². The molecule has 0 radical (unpaired) electrons. The van der Waals surface area contributed by atoms with E-state index in [1.165, 1.54) is 18.2 Å². The van der Waals surface area contributed by atoms with Crippen molar-refractivity contribution in [2.24, 2.45) is 13.0 Å². The molecule has 1 aromatic heterocycles. The van der Waals surface area contributed by atoms with Gasteiger partial charge in [0.2, 0.25) is 5.91 Å². The number of rotatable bonds is 11. The van der Waals surface area contributed by atoms with E-state index in [-0.39, 0.29) is 24.3 Å². The predicted molar refractivity (Wildman–Crippen MR) is 148 cm³/mol. The molecule has 0 unspecified atom stereocenters. The molecule has 8 nitrogen and oxygen atoms in total. The molecule has 12 heteroatoms. The van der Waals surface area contributed by atoms with E-state index in [9.17, 15) is 23.2 Å². The van der Waals surface area contributed by atoms with Crippen molar-refractivity contribution >= 4 is 41.0 Å². The fraction of sp³-hybridized carbons (Fsp3) is 0.333. The van der Waals surface area contributed by atoms with Gasteiger partial charge < -0.3 is 14.2 Å². The zero-order valence-electron chi connectivity index (χ0n) is 22.5. The second-order valence-corrected chi connectivity index (χ2v) is 11.1. The van der Waals surface area contributed by atoms with Crippen LogP contribution in [0.15, 0.2) is 54.9 Å². The highest BCUT2D eigenvalue weighted by Crippen LogP contribution is 2.38. The Morgan fingerprint density at radius 2 is 1.79 bits per heavy atom. The lowest BCUT2D eigenvalue weighted by Gasteiger charge is -2.27. The number of hydrogen-bond acceptors (Lipinski definition) is 6. The summed E-state index contributed by atoms with van der Waals surface area (Å²) in [5.74, 6) is -1.75. The summed E-state index contributed by atoms with van der Waals surface area (Å²) in [5.41, 5.74) is 1.78. The quantitative estimate of drug-likeness (QED) is 0.165. The van der Waals surface area contributed by atoms with Gasteiger partial charge in [0.25, 0.3) is 5.91 Å². The molecule has 1 atom stereocenters. The predicted octanol–water partition coefficient (Wildman–Crippen LogP) is 5.26. The third kappa shape index (κ3) is 6.99. The monoisotopic (exact) mass is 619 g/mol. The van der Waals surface area contributed by atoms with Crippen LogP contribution in [0.1, 0.15) is 46.0 Å². The van der Waals surface area contributed by atoms with Crippen LogP contribution in [0.2, 0.25) is 10.0 Å². The molecule has 1 fully saturated rings. The van der Waals surface area contributed by atoms with E-state index in [4.69, 9.17) is 32.7 Å². The molecule has 1 saturated carbocycles. The summed E-state index contributed by atoms with van der Waals surface area (Å²) >= 11 is 13.0. The zero-order chi connectivity index (χ0) is 30.0. The Morgan fingerprint density at radius 1 is 1.07 bits per heavy atom. The molecule has 220 valence electrons.